The number of nitro groups is 1. The van der Waals surface area contributed by atoms with Crippen LogP contribution in [0.15, 0.2) is 47.6 Å². The molecule has 0 spiro atoms. The third kappa shape index (κ3) is 5.49. The Morgan fingerprint density at radius 1 is 1.21 bits per heavy atom. The van der Waals surface area contributed by atoms with Crippen LogP contribution in [0.1, 0.15) is 31.5 Å². The lowest BCUT2D eigenvalue weighted by molar-refractivity contribution is -0.384. The number of benzene rings is 2. The second kappa shape index (κ2) is 9.59. The number of aromatic nitrogens is 3. The molecule has 0 bridgehead atoms. The van der Waals surface area contributed by atoms with Gasteiger partial charge in [0.05, 0.1) is 27.1 Å². The van der Waals surface area contributed by atoms with E-state index in [4.69, 9.17) is 11.6 Å². The molecule has 1 aliphatic rings. The van der Waals surface area contributed by atoms with E-state index in [1.807, 2.05) is 22.8 Å². The molecule has 2 N–H and O–H groups in total. The van der Waals surface area contributed by atoms with Crippen LogP contribution in [-0.4, -0.2) is 37.3 Å². The lowest BCUT2D eigenvalue weighted by Gasteiger charge is -2.12. The summed E-state index contributed by atoms with van der Waals surface area (Å²) < 4.78 is 1.89. The summed E-state index contributed by atoms with van der Waals surface area (Å²) in [4.78, 5) is 34.4. The summed E-state index contributed by atoms with van der Waals surface area (Å²) in [7, 11) is 0. The van der Waals surface area contributed by atoms with Crippen LogP contribution in [0.3, 0.4) is 0 Å². The smallest absolute Gasteiger partial charge is 0.271 e. The Morgan fingerprint density at radius 2 is 2.00 bits per heavy atom. The highest BCUT2D eigenvalue weighted by molar-refractivity contribution is 7.99. The van der Waals surface area contributed by atoms with E-state index in [0.717, 1.165) is 24.4 Å². The maximum absolute atomic E-state index is 12.5. The number of nitro benzene ring substituents is 1. The van der Waals surface area contributed by atoms with Crippen LogP contribution in [0, 0.1) is 10.1 Å². The van der Waals surface area contributed by atoms with Crippen LogP contribution in [0.5, 0.6) is 0 Å². The van der Waals surface area contributed by atoms with Crippen molar-refractivity contribution in [3.63, 3.8) is 0 Å². The van der Waals surface area contributed by atoms with Crippen LogP contribution in [-0.2, 0) is 9.59 Å². The van der Waals surface area contributed by atoms with Gasteiger partial charge in [0.1, 0.15) is 5.82 Å². The summed E-state index contributed by atoms with van der Waals surface area (Å²) in [6.07, 6.45) is 2.03. The number of amides is 2. The maximum Gasteiger partial charge on any atom is 0.271 e. The zero-order valence-corrected chi connectivity index (χ0v) is 19.0. The number of nitrogens with one attached hydrogen (secondary N) is 2. The monoisotopic (exact) mass is 486 g/mol. The van der Waals surface area contributed by atoms with Gasteiger partial charge in [0, 0.05) is 30.7 Å². The standard InChI is InChI=1S/C21H19ClN6O4S/c1-12(29)23-14-3-2-4-15(9-14)27-20(13-5-6-13)25-26-21(27)33-11-19(30)24-18-10-16(28(31)32)7-8-17(18)22/h2-4,7-10,13H,5-6,11H2,1H3,(H,23,29)(H,24,30). The summed E-state index contributed by atoms with van der Waals surface area (Å²) in [5, 5.41) is 25.7. The molecule has 1 fully saturated rings. The van der Waals surface area contributed by atoms with Gasteiger partial charge >= 0.3 is 0 Å². The maximum atomic E-state index is 12.5. The zero-order chi connectivity index (χ0) is 23.5. The summed E-state index contributed by atoms with van der Waals surface area (Å²) >= 11 is 7.25. The molecule has 0 atom stereocenters. The number of thioether (sulfide) groups is 1. The van der Waals surface area contributed by atoms with E-state index in [-0.39, 0.29) is 28.1 Å². The highest BCUT2D eigenvalue weighted by Crippen LogP contribution is 2.41. The molecular formula is C21H19ClN6O4S. The minimum absolute atomic E-state index is 0.00674. The third-order valence-corrected chi connectivity index (χ3v) is 6.05. The first-order valence-corrected chi connectivity index (χ1v) is 11.4. The van der Waals surface area contributed by atoms with Gasteiger partial charge in [-0.1, -0.05) is 29.4 Å². The fraction of sp³-hybridized carbons (Fsp3) is 0.238. The van der Waals surface area contributed by atoms with Gasteiger partial charge in [-0.05, 0) is 37.1 Å². The molecule has 2 amide bonds. The van der Waals surface area contributed by atoms with Crippen LogP contribution in [0.4, 0.5) is 17.1 Å². The Balaban J connectivity index is 1.53. The Bertz CT molecular complexity index is 1240. The van der Waals surface area contributed by atoms with Gasteiger partial charge in [-0.25, -0.2) is 0 Å². The number of non-ortho nitro benzene ring substituents is 1. The SMILES string of the molecule is CC(=O)Nc1cccc(-n2c(SCC(=O)Nc3cc([N+](=O)[O-])ccc3Cl)nnc2C2CC2)c1. The van der Waals surface area contributed by atoms with Crippen LogP contribution in [0.2, 0.25) is 5.02 Å². The first-order chi connectivity index (χ1) is 15.8. The summed E-state index contributed by atoms with van der Waals surface area (Å²) in [5.41, 5.74) is 1.41. The Kier molecular flexibility index (Phi) is 6.61. The van der Waals surface area contributed by atoms with Crippen molar-refractivity contribution in [2.75, 3.05) is 16.4 Å². The molecule has 1 aliphatic carbocycles. The fourth-order valence-corrected chi connectivity index (χ4v) is 4.11. The van der Waals surface area contributed by atoms with Crippen molar-refractivity contribution in [2.24, 2.45) is 0 Å². The number of carbonyl (C=O) groups excluding carboxylic acids is 2. The molecule has 3 aromatic rings. The van der Waals surface area contributed by atoms with Crippen LogP contribution < -0.4 is 10.6 Å². The second-order valence-electron chi connectivity index (χ2n) is 7.44. The first kappa shape index (κ1) is 22.7. The predicted octanol–water partition coefficient (Wildman–Crippen LogP) is 4.40. The number of carbonyl (C=O) groups is 2. The molecule has 1 aromatic heterocycles. The highest BCUT2D eigenvalue weighted by Gasteiger charge is 2.31. The number of halogens is 1. The topological polar surface area (TPSA) is 132 Å². The van der Waals surface area contributed by atoms with Crippen molar-refractivity contribution in [3.05, 3.63) is 63.4 Å². The van der Waals surface area contributed by atoms with Gasteiger partial charge in [-0.15, -0.1) is 10.2 Å². The number of nitrogens with zero attached hydrogens (tertiary/aromatic N) is 4. The molecule has 1 heterocycles. The van der Waals surface area contributed by atoms with E-state index in [0.29, 0.717) is 16.8 Å². The highest BCUT2D eigenvalue weighted by atomic mass is 35.5. The predicted molar refractivity (Wildman–Crippen MR) is 125 cm³/mol. The average Bonchev–Trinajstić information content (AvgIpc) is 3.52. The molecule has 33 heavy (non-hydrogen) atoms. The molecule has 1 saturated carbocycles. The Labute approximate surface area is 197 Å². The molecule has 170 valence electrons. The molecule has 0 aliphatic heterocycles. The first-order valence-electron chi connectivity index (χ1n) is 10.0. The molecule has 0 radical (unpaired) electrons. The number of anilines is 2. The van der Waals surface area contributed by atoms with Gasteiger partial charge in [0.2, 0.25) is 11.8 Å². The van der Waals surface area contributed by atoms with Crippen molar-refractivity contribution in [2.45, 2.75) is 30.8 Å². The molecule has 10 nitrogen and oxygen atoms in total. The molecule has 12 heteroatoms. The van der Waals surface area contributed by atoms with Crippen molar-refractivity contribution in [3.8, 4) is 5.69 Å². The average molecular weight is 487 g/mol. The van der Waals surface area contributed by atoms with E-state index >= 15 is 0 Å². The zero-order valence-electron chi connectivity index (χ0n) is 17.4. The fourth-order valence-electron chi connectivity index (χ4n) is 3.19. The van der Waals surface area contributed by atoms with E-state index in [1.54, 1.807) is 6.07 Å². The molecule has 2 aromatic carbocycles. The van der Waals surface area contributed by atoms with Gasteiger partial charge in [0.15, 0.2) is 5.16 Å². The van der Waals surface area contributed by atoms with Crippen molar-refractivity contribution in [1.82, 2.24) is 14.8 Å². The lowest BCUT2D eigenvalue weighted by Crippen LogP contribution is -2.15. The van der Waals surface area contributed by atoms with Crippen molar-refractivity contribution in [1.29, 1.82) is 0 Å². The van der Waals surface area contributed by atoms with Crippen LogP contribution >= 0.6 is 23.4 Å². The van der Waals surface area contributed by atoms with Gasteiger partial charge < -0.3 is 10.6 Å². The molecule has 0 unspecified atom stereocenters. The largest absolute Gasteiger partial charge is 0.326 e. The van der Waals surface area contributed by atoms with Gasteiger partial charge in [-0.3, -0.25) is 24.3 Å². The normalized spacial score (nSPS) is 12.9. The van der Waals surface area contributed by atoms with E-state index < -0.39 is 10.8 Å². The number of rotatable bonds is 8. The summed E-state index contributed by atoms with van der Waals surface area (Å²) in [6.45, 7) is 1.44. The van der Waals surface area contributed by atoms with Crippen molar-refractivity contribution >= 4 is 52.2 Å². The molecule has 0 saturated heterocycles. The third-order valence-electron chi connectivity index (χ3n) is 4.79. The van der Waals surface area contributed by atoms with E-state index in [2.05, 4.69) is 20.8 Å². The van der Waals surface area contributed by atoms with Crippen LogP contribution in [0.25, 0.3) is 5.69 Å². The Morgan fingerprint density at radius 3 is 2.70 bits per heavy atom. The number of hydrogen-bond acceptors (Lipinski definition) is 7. The molecular weight excluding hydrogens is 468 g/mol. The minimum atomic E-state index is -0.558. The second-order valence-corrected chi connectivity index (χ2v) is 8.79. The van der Waals surface area contributed by atoms with Gasteiger partial charge in [0.25, 0.3) is 5.69 Å². The van der Waals surface area contributed by atoms with Gasteiger partial charge in [-0.2, -0.15) is 0 Å². The Hall–Kier alpha value is -3.44. The van der Waals surface area contributed by atoms with E-state index in [1.165, 1.54) is 36.9 Å². The number of hydrogen-bond donors (Lipinski definition) is 2. The lowest BCUT2D eigenvalue weighted by atomic mass is 10.2. The quantitative estimate of drug-likeness (QED) is 0.274. The summed E-state index contributed by atoms with van der Waals surface area (Å²) in [6, 6.07) is 11.2. The molecule has 4 rings (SSSR count). The van der Waals surface area contributed by atoms with E-state index in [9.17, 15) is 19.7 Å². The van der Waals surface area contributed by atoms with Crippen molar-refractivity contribution < 1.29 is 14.5 Å². The minimum Gasteiger partial charge on any atom is -0.326 e. The summed E-state index contributed by atoms with van der Waals surface area (Å²) in [5.74, 6) is 0.530.